The Labute approximate surface area is 93.3 Å². The summed E-state index contributed by atoms with van der Waals surface area (Å²) in [6.45, 7) is 5.53. The van der Waals surface area contributed by atoms with Crippen LogP contribution in [0.4, 0.5) is 0 Å². The summed E-state index contributed by atoms with van der Waals surface area (Å²) in [4.78, 5) is 2.48. The molecule has 4 rings (SSSR count). The van der Waals surface area contributed by atoms with E-state index in [1.165, 1.54) is 25.9 Å². The number of nitrogens with zero attached hydrogens (tertiary/aromatic N) is 3. The van der Waals surface area contributed by atoms with Crippen LogP contribution in [-0.2, 0) is 0 Å². The van der Waals surface area contributed by atoms with Gasteiger partial charge in [-0.05, 0) is 38.8 Å². The summed E-state index contributed by atoms with van der Waals surface area (Å²) >= 11 is 1.55. The zero-order valence-electron chi connectivity index (χ0n) is 8.85. The van der Waals surface area contributed by atoms with Crippen molar-refractivity contribution < 1.29 is 4.74 Å². The molecule has 0 aliphatic carbocycles. The molecule has 1 aromatic heterocycles. The van der Waals surface area contributed by atoms with Gasteiger partial charge in [-0.1, -0.05) is 11.3 Å². The van der Waals surface area contributed by atoms with Crippen molar-refractivity contribution >= 4 is 11.3 Å². The van der Waals surface area contributed by atoms with Crippen LogP contribution in [0.25, 0.3) is 0 Å². The summed E-state index contributed by atoms with van der Waals surface area (Å²) in [5, 5.41) is 9.72. The first-order valence-electron chi connectivity index (χ1n) is 5.50. The second kappa shape index (κ2) is 3.72. The van der Waals surface area contributed by atoms with Crippen molar-refractivity contribution in [2.45, 2.75) is 25.9 Å². The van der Waals surface area contributed by atoms with E-state index in [1.807, 2.05) is 6.92 Å². The largest absolute Gasteiger partial charge is 0.464 e. The number of aromatic nitrogens is 2. The number of hydrogen-bond donors (Lipinski definition) is 0. The third-order valence-electron chi connectivity index (χ3n) is 3.36. The van der Waals surface area contributed by atoms with Crippen LogP contribution in [0.2, 0.25) is 0 Å². The van der Waals surface area contributed by atoms with E-state index in [4.69, 9.17) is 4.74 Å². The molecule has 0 saturated carbocycles. The first kappa shape index (κ1) is 9.54. The molecule has 1 unspecified atom stereocenters. The second-order valence-electron chi connectivity index (χ2n) is 4.38. The van der Waals surface area contributed by atoms with Crippen LogP contribution >= 0.6 is 11.3 Å². The lowest BCUT2D eigenvalue weighted by Gasteiger charge is -2.43. The second-order valence-corrected chi connectivity index (χ2v) is 5.53. The Hall–Kier alpha value is -0.680. The zero-order valence-corrected chi connectivity index (χ0v) is 9.66. The first-order valence-corrected chi connectivity index (χ1v) is 6.32. The molecule has 0 spiro atoms. The summed E-state index contributed by atoms with van der Waals surface area (Å²) < 4.78 is 5.91. The molecule has 3 saturated heterocycles. The molecule has 0 amide bonds. The van der Waals surface area contributed by atoms with Gasteiger partial charge in [0.15, 0.2) is 0 Å². The van der Waals surface area contributed by atoms with E-state index in [1.54, 1.807) is 11.3 Å². The van der Waals surface area contributed by atoms with Gasteiger partial charge in [-0.15, -0.1) is 10.2 Å². The molecule has 1 atom stereocenters. The number of rotatable bonds is 2. The molecule has 2 bridgehead atoms. The maximum absolute atomic E-state index is 5.91. The Balaban J connectivity index is 1.68. The maximum Gasteiger partial charge on any atom is 0.294 e. The van der Waals surface area contributed by atoms with E-state index in [-0.39, 0.29) is 0 Å². The monoisotopic (exact) mass is 225 g/mol. The minimum atomic E-state index is 0.347. The van der Waals surface area contributed by atoms with E-state index in [0.717, 1.165) is 22.7 Å². The molecule has 5 heteroatoms. The summed E-state index contributed by atoms with van der Waals surface area (Å²) in [5.41, 5.74) is 0. The molecule has 4 nitrogen and oxygen atoms in total. The smallest absolute Gasteiger partial charge is 0.294 e. The topological polar surface area (TPSA) is 38.3 Å². The molecule has 15 heavy (non-hydrogen) atoms. The Bertz CT molecular complexity index is 346. The minimum absolute atomic E-state index is 0.347. The van der Waals surface area contributed by atoms with E-state index >= 15 is 0 Å². The van der Waals surface area contributed by atoms with Crippen molar-refractivity contribution in [2.24, 2.45) is 5.92 Å². The lowest BCUT2D eigenvalue weighted by atomic mass is 9.86. The molecule has 1 aromatic rings. The normalized spacial score (nSPS) is 34.3. The average Bonchev–Trinajstić information content (AvgIpc) is 2.66. The molecule has 82 valence electrons. The Morgan fingerprint density at radius 2 is 2.13 bits per heavy atom. The van der Waals surface area contributed by atoms with Crippen LogP contribution in [-0.4, -0.2) is 40.8 Å². The first-order chi connectivity index (χ1) is 7.31. The standard InChI is InChI=1S/C10H15N3OS/c1-7-11-12-10(15-7)14-9-6-13-4-2-8(9)3-5-13/h8-9H,2-6H2,1H3. The average molecular weight is 225 g/mol. The molecule has 0 N–H and O–H groups in total. The van der Waals surface area contributed by atoms with E-state index in [2.05, 4.69) is 15.1 Å². The fourth-order valence-corrected chi connectivity index (χ4v) is 3.09. The fraction of sp³-hybridized carbons (Fsp3) is 0.800. The number of ether oxygens (including phenoxy) is 1. The van der Waals surface area contributed by atoms with E-state index in [9.17, 15) is 0 Å². The van der Waals surface area contributed by atoms with Crippen LogP contribution in [0, 0.1) is 12.8 Å². The molecule has 3 aliphatic heterocycles. The predicted molar refractivity (Wildman–Crippen MR) is 58.2 cm³/mol. The molecule has 0 radical (unpaired) electrons. The third kappa shape index (κ3) is 1.86. The van der Waals surface area contributed by atoms with Gasteiger partial charge in [0, 0.05) is 6.54 Å². The van der Waals surface area contributed by atoms with Gasteiger partial charge < -0.3 is 4.74 Å². The Kier molecular flexibility index (Phi) is 2.36. The van der Waals surface area contributed by atoms with Gasteiger partial charge in [-0.25, -0.2) is 0 Å². The molecule has 0 aromatic carbocycles. The number of aryl methyl sites for hydroxylation is 1. The van der Waals surface area contributed by atoms with Gasteiger partial charge in [0.1, 0.15) is 11.1 Å². The summed E-state index contributed by atoms with van der Waals surface area (Å²) in [5.74, 6) is 0.735. The molecule has 3 fully saturated rings. The van der Waals surface area contributed by atoms with Gasteiger partial charge in [-0.3, -0.25) is 4.90 Å². The van der Waals surface area contributed by atoms with Crippen molar-refractivity contribution in [3.05, 3.63) is 5.01 Å². The SMILES string of the molecule is Cc1nnc(OC2CN3CCC2CC3)s1. The van der Waals surface area contributed by atoms with E-state index < -0.39 is 0 Å². The quantitative estimate of drug-likeness (QED) is 0.761. The van der Waals surface area contributed by atoms with Crippen molar-refractivity contribution in [3.63, 3.8) is 0 Å². The number of fused-ring (bicyclic) bond motifs is 3. The van der Waals surface area contributed by atoms with Gasteiger partial charge in [0.25, 0.3) is 5.19 Å². The summed E-state index contributed by atoms with van der Waals surface area (Å²) in [7, 11) is 0. The van der Waals surface area contributed by atoms with Crippen molar-refractivity contribution in [3.8, 4) is 5.19 Å². The van der Waals surface area contributed by atoms with Crippen LogP contribution in [0.1, 0.15) is 17.8 Å². The molecule has 3 aliphatic rings. The highest BCUT2D eigenvalue weighted by Gasteiger charge is 2.35. The Morgan fingerprint density at radius 3 is 2.67 bits per heavy atom. The lowest BCUT2D eigenvalue weighted by molar-refractivity contribution is -0.00816. The van der Waals surface area contributed by atoms with Gasteiger partial charge in [-0.2, -0.15) is 0 Å². The van der Waals surface area contributed by atoms with Crippen LogP contribution < -0.4 is 4.74 Å². The van der Waals surface area contributed by atoms with Gasteiger partial charge in [0.05, 0.1) is 0 Å². The van der Waals surface area contributed by atoms with E-state index in [0.29, 0.717) is 6.10 Å². The van der Waals surface area contributed by atoms with Gasteiger partial charge >= 0.3 is 0 Å². The summed E-state index contributed by atoms with van der Waals surface area (Å²) in [6, 6.07) is 0. The fourth-order valence-electron chi connectivity index (χ4n) is 2.50. The molecular weight excluding hydrogens is 210 g/mol. The number of hydrogen-bond acceptors (Lipinski definition) is 5. The lowest BCUT2D eigenvalue weighted by Crippen LogP contribution is -2.52. The van der Waals surface area contributed by atoms with Crippen molar-refractivity contribution in [1.82, 2.24) is 15.1 Å². The highest BCUT2D eigenvalue weighted by Crippen LogP contribution is 2.31. The third-order valence-corrected chi connectivity index (χ3v) is 4.09. The van der Waals surface area contributed by atoms with Crippen molar-refractivity contribution in [1.29, 1.82) is 0 Å². The molecule has 4 heterocycles. The van der Waals surface area contributed by atoms with Crippen LogP contribution in [0.15, 0.2) is 0 Å². The van der Waals surface area contributed by atoms with Gasteiger partial charge in [0.2, 0.25) is 0 Å². The minimum Gasteiger partial charge on any atom is -0.464 e. The predicted octanol–water partition coefficient (Wildman–Crippen LogP) is 1.32. The number of piperidine rings is 3. The highest BCUT2D eigenvalue weighted by atomic mass is 32.1. The zero-order chi connectivity index (χ0) is 10.3. The molecular formula is C10H15N3OS. The Morgan fingerprint density at radius 1 is 1.33 bits per heavy atom. The van der Waals surface area contributed by atoms with Crippen LogP contribution in [0.3, 0.4) is 0 Å². The maximum atomic E-state index is 5.91. The summed E-state index contributed by atoms with van der Waals surface area (Å²) in [6.07, 6.45) is 2.91. The van der Waals surface area contributed by atoms with Crippen molar-refractivity contribution in [2.75, 3.05) is 19.6 Å². The highest BCUT2D eigenvalue weighted by molar-refractivity contribution is 7.12. The van der Waals surface area contributed by atoms with Crippen LogP contribution in [0.5, 0.6) is 5.19 Å².